The zero-order chi connectivity index (χ0) is 10.9. The van der Waals surface area contributed by atoms with E-state index < -0.39 is 15.3 Å². The highest BCUT2D eigenvalue weighted by atomic mass is 32.2. The van der Waals surface area contributed by atoms with Gasteiger partial charge in [0.05, 0.1) is 0 Å². The summed E-state index contributed by atoms with van der Waals surface area (Å²) in [5, 5.41) is 6.29. The first-order chi connectivity index (χ1) is 7.09. The van der Waals surface area contributed by atoms with E-state index in [-0.39, 0.29) is 0 Å². The van der Waals surface area contributed by atoms with E-state index in [1.54, 1.807) is 30.3 Å². The molecule has 7 heteroatoms. The average molecular weight is 225 g/mol. The molecule has 1 aromatic carbocycles. The van der Waals surface area contributed by atoms with Gasteiger partial charge in [-0.2, -0.15) is 8.42 Å². The molecule has 1 heterocycles. The first kappa shape index (κ1) is 9.81. The Labute approximate surface area is 85.9 Å². The molecule has 0 aliphatic heterocycles. The van der Waals surface area contributed by atoms with Crippen LogP contribution in [0, 0.1) is 0 Å². The van der Waals surface area contributed by atoms with Crippen LogP contribution in [0.3, 0.4) is 0 Å². The van der Waals surface area contributed by atoms with Crippen molar-refractivity contribution in [1.29, 1.82) is 0 Å². The molecule has 0 saturated heterocycles. The molecule has 0 spiro atoms. The Hall–Kier alpha value is -1.73. The van der Waals surface area contributed by atoms with Gasteiger partial charge in [0.15, 0.2) is 0 Å². The number of para-hydroxylation sites is 1. The highest BCUT2D eigenvalue weighted by Crippen LogP contribution is 2.12. The molecule has 0 bridgehead atoms. The molecule has 15 heavy (non-hydrogen) atoms. The molecular formula is C8H7N3O3S. The van der Waals surface area contributed by atoms with Crippen LogP contribution < -0.4 is 0 Å². The zero-order valence-electron chi connectivity index (χ0n) is 7.48. The molecule has 0 aliphatic carbocycles. The molecule has 78 valence electrons. The van der Waals surface area contributed by atoms with Crippen LogP contribution in [0.2, 0.25) is 0 Å². The second-order valence-electron chi connectivity index (χ2n) is 2.79. The number of hydrogen-bond donors (Lipinski definition) is 1. The third-order valence-corrected chi connectivity index (χ3v) is 2.52. The molecule has 0 saturated carbocycles. The Morgan fingerprint density at radius 1 is 1.20 bits per heavy atom. The number of benzene rings is 1. The summed E-state index contributed by atoms with van der Waals surface area (Å²) in [7, 11) is -4.35. The van der Waals surface area contributed by atoms with E-state index in [1.807, 2.05) is 0 Å². The number of nitrogens with zero attached hydrogens (tertiary/aromatic N) is 3. The van der Waals surface area contributed by atoms with E-state index in [0.717, 1.165) is 0 Å². The smallest absolute Gasteiger partial charge is 0.279 e. The molecule has 0 unspecified atom stereocenters. The number of rotatable bonds is 2. The molecule has 1 N–H and O–H groups in total. The van der Waals surface area contributed by atoms with Crippen LogP contribution in [0.25, 0.3) is 5.69 Å². The monoisotopic (exact) mass is 225 g/mol. The van der Waals surface area contributed by atoms with Gasteiger partial charge in [-0.25, -0.2) is 0 Å². The third kappa shape index (κ3) is 1.88. The summed E-state index contributed by atoms with van der Waals surface area (Å²) in [5.74, 6) is 0. The van der Waals surface area contributed by atoms with Crippen molar-refractivity contribution in [1.82, 2.24) is 14.8 Å². The SMILES string of the molecule is O=S(=O)(O)c1nncn1-c1ccccc1. The van der Waals surface area contributed by atoms with Gasteiger partial charge in [-0.1, -0.05) is 18.2 Å². The maximum Gasteiger partial charge on any atom is 0.330 e. The van der Waals surface area contributed by atoms with Crippen LogP contribution >= 0.6 is 0 Å². The molecule has 2 rings (SSSR count). The minimum absolute atomic E-state index is 0.492. The zero-order valence-corrected chi connectivity index (χ0v) is 8.29. The lowest BCUT2D eigenvalue weighted by Gasteiger charge is -2.02. The molecule has 0 amide bonds. The predicted molar refractivity (Wildman–Crippen MR) is 51.2 cm³/mol. The maximum absolute atomic E-state index is 10.9. The van der Waals surface area contributed by atoms with E-state index in [2.05, 4.69) is 10.2 Å². The average Bonchev–Trinajstić information content (AvgIpc) is 2.67. The van der Waals surface area contributed by atoms with Crippen LogP contribution in [0.4, 0.5) is 0 Å². The van der Waals surface area contributed by atoms with Crippen molar-refractivity contribution in [3.05, 3.63) is 36.7 Å². The summed E-state index contributed by atoms with van der Waals surface area (Å²) < 4.78 is 31.9. The predicted octanol–water partition coefficient (Wildman–Crippen LogP) is 0.514. The first-order valence-electron chi connectivity index (χ1n) is 4.02. The quantitative estimate of drug-likeness (QED) is 0.753. The second-order valence-corrected chi connectivity index (χ2v) is 4.11. The summed E-state index contributed by atoms with van der Waals surface area (Å²) in [6, 6.07) is 8.63. The maximum atomic E-state index is 10.9. The molecular weight excluding hydrogens is 218 g/mol. The van der Waals surface area contributed by atoms with Gasteiger partial charge in [-0.05, 0) is 12.1 Å². The Balaban J connectivity index is 2.61. The van der Waals surface area contributed by atoms with Gasteiger partial charge >= 0.3 is 10.1 Å². The highest BCUT2D eigenvalue weighted by Gasteiger charge is 2.18. The largest absolute Gasteiger partial charge is 0.330 e. The fourth-order valence-corrected chi connectivity index (χ4v) is 1.72. The normalized spacial score (nSPS) is 11.5. The summed E-state index contributed by atoms with van der Waals surface area (Å²) in [6.45, 7) is 0. The van der Waals surface area contributed by atoms with E-state index in [4.69, 9.17) is 4.55 Å². The topological polar surface area (TPSA) is 85.1 Å². The lowest BCUT2D eigenvalue weighted by molar-refractivity contribution is 0.471. The second kappa shape index (κ2) is 3.44. The first-order valence-corrected chi connectivity index (χ1v) is 5.46. The van der Waals surface area contributed by atoms with Crippen molar-refractivity contribution in [2.45, 2.75) is 5.16 Å². The summed E-state index contributed by atoms with van der Waals surface area (Å²) in [4.78, 5) is 0. The lowest BCUT2D eigenvalue weighted by atomic mass is 10.3. The van der Waals surface area contributed by atoms with Gasteiger partial charge in [0.1, 0.15) is 6.33 Å². The molecule has 0 aliphatic rings. The number of aromatic nitrogens is 3. The van der Waals surface area contributed by atoms with E-state index in [0.29, 0.717) is 5.69 Å². The van der Waals surface area contributed by atoms with Gasteiger partial charge in [0.25, 0.3) is 5.16 Å². The molecule has 6 nitrogen and oxygen atoms in total. The Morgan fingerprint density at radius 3 is 2.47 bits per heavy atom. The minimum atomic E-state index is -4.35. The summed E-state index contributed by atoms with van der Waals surface area (Å²) >= 11 is 0. The van der Waals surface area contributed by atoms with Gasteiger partial charge in [0, 0.05) is 5.69 Å². The van der Waals surface area contributed by atoms with Crippen molar-refractivity contribution in [3.63, 3.8) is 0 Å². The van der Waals surface area contributed by atoms with Gasteiger partial charge < -0.3 is 0 Å². The van der Waals surface area contributed by atoms with Crippen LogP contribution in [-0.4, -0.2) is 27.7 Å². The minimum Gasteiger partial charge on any atom is -0.279 e. The van der Waals surface area contributed by atoms with Crippen molar-refractivity contribution in [2.75, 3.05) is 0 Å². The third-order valence-electron chi connectivity index (χ3n) is 1.78. The molecule has 0 fully saturated rings. The highest BCUT2D eigenvalue weighted by molar-refractivity contribution is 7.85. The van der Waals surface area contributed by atoms with Crippen molar-refractivity contribution in [2.24, 2.45) is 0 Å². The van der Waals surface area contributed by atoms with Crippen molar-refractivity contribution < 1.29 is 13.0 Å². The molecule has 0 radical (unpaired) electrons. The molecule has 0 atom stereocenters. The van der Waals surface area contributed by atoms with Crippen molar-refractivity contribution in [3.8, 4) is 5.69 Å². The van der Waals surface area contributed by atoms with Crippen LogP contribution in [0.1, 0.15) is 0 Å². The van der Waals surface area contributed by atoms with Gasteiger partial charge in [-0.3, -0.25) is 9.12 Å². The number of hydrogen-bond acceptors (Lipinski definition) is 4. The van der Waals surface area contributed by atoms with E-state index in [1.165, 1.54) is 10.9 Å². The lowest BCUT2D eigenvalue weighted by Crippen LogP contribution is -2.07. The summed E-state index contributed by atoms with van der Waals surface area (Å²) in [5.41, 5.74) is 0.565. The van der Waals surface area contributed by atoms with Gasteiger partial charge in [-0.15, -0.1) is 10.2 Å². The Morgan fingerprint density at radius 2 is 1.87 bits per heavy atom. The fraction of sp³-hybridized carbons (Fsp3) is 0. The van der Waals surface area contributed by atoms with E-state index >= 15 is 0 Å². The van der Waals surface area contributed by atoms with Crippen molar-refractivity contribution >= 4 is 10.1 Å². The summed E-state index contributed by atoms with van der Waals surface area (Å²) in [6.07, 6.45) is 1.22. The van der Waals surface area contributed by atoms with Crippen LogP contribution in [0.5, 0.6) is 0 Å². The van der Waals surface area contributed by atoms with Crippen LogP contribution in [-0.2, 0) is 10.1 Å². The fourth-order valence-electron chi connectivity index (χ4n) is 1.17. The Kier molecular flexibility index (Phi) is 2.25. The van der Waals surface area contributed by atoms with Gasteiger partial charge in [0.2, 0.25) is 0 Å². The molecule has 2 aromatic rings. The Bertz CT molecular complexity index is 562. The standard InChI is InChI=1S/C8H7N3O3S/c12-15(13,14)8-10-9-6-11(8)7-4-2-1-3-5-7/h1-6H,(H,12,13,14). The van der Waals surface area contributed by atoms with E-state index in [9.17, 15) is 8.42 Å². The molecule has 1 aromatic heterocycles. The van der Waals surface area contributed by atoms with Crippen LogP contribution in [0.15, 0.2) is 41.8 Å².